The van der Waals surface area contributed by atoms with E-state index in [4.69, 9.17) is 0 Å². The number of fused-ring (bicyclic) bond motifs is 1. The van der Waals surface area contributed by atoms with Gasteiger partial charge in [0.2, 0.25) is 5.91 Å². The molecule has 1 N–H and O–H groups in total. The van der Waals surface area contributed by atoms with E-state index in [2.05, 4.69) is 5.32 Å². The summed E-state index contributed by atoms with van der Waals surface area (Å²) in [5.74, 6) is 2.48. The van der Waals surface area contributed by atoms with Crippen LogP contribution in [0, 0.1) is 17.8 Å². The van der Waals surface area contributed by atoms with E-state index in [0.29, 0.717) is 11.8 Å². The zero-order valence-electron chi connectivity index (χ0n) is 12.4. The molecule has 0 aliphatic heterocycles. The fourth-order valence-electron chi connectivity index (χ4n) is 3.80. The molecule has 112 valence electrons. The summed E-state index contributed by atoms with van der Waals surface area (Å²) in [6.45, 7) is 1.72. The minimum absolute atomic E-state index is 0. The number of nitrogens with zero attached hydrogens (tertiary/aromatic N) is 1. The van der Waals surface area contributed by atoms with Gasteiger partial charge < -0.3 is 10.2 Å². The lowest BCUT2D eigenvalue weighted by atomic mass is 9.67. The average molecular weight is 289 g/mol. The number of hydrogen-bond acceptors (Lipinski definition) is 2. The number of carbonyl (C=O) groups is 1. The minimum atomic E-state index is 0. The number of nitrogens with one attached hydrogen (secondary N) is 1. The summed E-state index contributed by atoms with van der Waals surface area (Å²) in [4.78, 5) is 14.3. The fourth-order valence-corrected chi connectivity index (χ4v) is 3.80. The summed E-state index contributed by atoms with van der Waals surface area (Å²) in [6, 6.07) is 0. The number of likely N-dealkylation sites (N-methyl/N-ethyl adjacent to an activating group) is 2. The summed E-state index contributed by atoms with van der Waals surface area (Å²) in [5.41, 5.74) is 0. The zero-order chi connectivity index (χ0) is 13.0. The van der Waals surface area contributed by atoms with Gasteiger partial charge in [-0.2, -0.15) is 0 Å². The molecule has 4 heteroatoms. The highest BCUT2D eigenvalue weighted by molar-refractivity contribution is 5.85. The van der Waals surface area contributed by atoms with Crippen LogP contribution in [0.15, 0.2) is 0 Å². The topological polar surface area (TPSA) is 32.3 Å². The van der Waals surface area contributed by atoms with Crippen LogP contribution in [0.1, 0.15) is 44.9 Å². The summed E-state index contributed by atoms with van der Waals surface area (Å²) in [6.07, 6.45) is 9.17. The molecular weight excluding hydrogens is 260 g/mol. The molecular formula is C15H29ClN2O. The molecule has 19 heavy (non-hydrogen) atoms. The van der Waals surface area contributed by atoms with Gasteiger partial charge in [0.05, 0.1) is 0 Å². The average Bonchev–Trinajstić information content (AvgIpc) is 2.43. The number of rotatable bonds is 4. The SMILES string of the molecule is CNCCN(C)C(=O)C1CCC2CCCCC2C1.Cl. The highest BCUT2D eigenvalue weighted by atomic mass is 35.5. The molecule has 0 bridgehead atoms. The number of carbonyl (C=O) groups excluding carboxylic acids is 1. The maximum atomic E-state index is 12.4. The van der Waals surface area contributed by atoms with Crippen molar-refractivity contribution in [3.63, 3.8) is 0 Å². The predicted molar refractivity (Wildman–Crippen MR) is 81.6 cm³/mol. The maximum Gasteiger partial charge on any atom is 0.225 e. The Morgan fingerprint density at radius 3 is 2.53 bits per heavy atom. The molecule has 2 rings (SSSR count). The van der Waals surface area contributed by atoms with E-state index < -0.39 is 0 Å². The smallest absolute Gasteiger partial charge is 0.225 e. The van der Waals surface area contributed by atoms with E-state index in [1.807, 2.05) is 19.0 Å². The molecule has 0 aromatic rings. The van der Waals surface area contributed by atoms with Crippen molar-refractivity contribution in [2.75, 3.05) is 27.2 Å². The van der Waals surface area contributed by atoms with E-state index in [1.54, 1.807) is 0 Å². The van der Waals surface area contributed by atoms with Crippen LogP contribution in [0.4, 0.5) is 0 Å². The van der Waals surface area contributed by atoms with Gasteiger partial charge in [-0.25, -0.2) is 0 Å². The molecule has 1 amide bonds. The second kappa shape index (κ2) is 8.11. The fraction of sp³-hybridized carbons (Fsp3) is 0.933. The second-order valence-corrected chi connectivity index (χ2v) is 6.18. The van der Waals surface area contributed by atoms with Crippen molar-refractivity contribution >= 4 is 18.3 Å². The first-order valence-electron chi connectivity index (χ1n) is 7.62. The van der Waals surface area contributed by atoms with Crippen LogP contribution in [-0.2, 0) is 4.79 Å². The first-order valence-corrected chi connectivity index (χ1v) is 7.62. The van der Waals surface area contributed by atoms with E-state index in [0.717, 1.165) is 37.8 Å². The first kappa shape index (κ1) is 16.8. The van der Waals surface area contributed by atoms with Crippen molar-refractivity contribution in [1.82, 2.24) is 10.2 Å². The molecule has 3 nitrogen and oxygen atoms in total. The van der Waals surface area contributed by atoms with Crippen molar-refractivity contribution < 1.29 is 4.79 Å². The molecule has 3 atom stereocenters. The highest BCUT2D eigenvalue weighted by Gasteiger charge is 2.35. The third-order valence-electron chi connectivity index (χ3n) is 4.96. The van der Waals surface area contributed by atoms with Gasteiger partial charge in [-0.05, 0) is 38.1 Å². The Labute approximate surface area is 123 Å². The number of amides is 1. The van der Waals surface area contributed by atoms with Gasteiger partial charge in [-0.15, -0.1) is 12.4 Å². The summed E-state index contributed by atoms with van der Waals surface area (Å²) in [7, 11) is 3.89. The van der Waals surface area contributed by atoms with E-state index in [1.165, 1.54) is 32.1 Å². The van der Waals surface area contributed by atoms with Gasteiger partial charge in [0.1, 0.15) is 0 Å². The predicted octanol–water partition coefficient (Wildman–Crippen LogP) is 2.69. The van der Waals surface area contributed by atoms with Crippen molar-refractivity contribution in [3.05, 3.63) is 0 Å². The maximum absolute atomic E-state index is 12.4. The molecule has 0 aromatic heterocycles. The van der Waals surface area contributed by atoms with Gasteiger partial charge in [0.25, 0.3) is 0 Å². The molecule has 0 heterocycles. The van der Waals surface area contributed by atoms with Crippen molar-refractivity contribution in [2.24, 2.45) is 17.8 Å². The second-order valence-electron chi connectivity index (χ2n) is 6.18. The monoisotopic (exact) mass is 288 g/mol. The lowest BCUT2D eigenvalue weighted by molar-refractivity contribution is -0.136. The van der Waals surface area contributed by atoms with E-state index in [-0.39, 0.29) is 12.4 Å². The van der Waals surface area contributed by atoms with Crippen LogP contribution in [0.3, 0.4) is 0 Å². The Kier molecular flexibility index (Phi) is 7.16. The molecule has 0 aromatic carbocycles. The standard InChI is InChI=1S/C15H28N2O.ClH/c1-16-9-10-17(2)15(18)14-8-7-12-5-3-4-6-13(12)11-14;/h12-14,16H,3-11H2,1-2H3;1H. The minimum Gasteiger partial charge on any atom is -0.344 e. The normalized spacial score (nSPS) is 30.1. The molecule has 2 saturated carbocycles. The third-order valence-corrected chi connectivity index (χ3v) is 4.96. The lowest BCUT2D eigenvalue weighted by Gasteiger charge is -2.39. The van der Waals surface area contributed by atoms with E-state index in [9.17, 15) is 4.79 Å². The van der Waals surface area contributed by atoms with Crippen molar-refractivity contribution in [1.29, 1.82) is 0 Å². The first-order chi connectivity index (χ1) is 8.72. The number of halogens is 1. The molecule has 2 aliphatic rings. The Bertz CT molecular complexity index is 285. The lowest BCUT2D eigenvalue weighted by Crippen LogP contribution is -2.40. The van der Waals surface area contributed by atoms with Crippen LogP contribution >= 0.6 is 12.4 Å². The molecule has 0 saturated heterocycles. The van der Waals surface area contributed by atoms with E-state index >= 15 is 0 Å². The van der Waals surface area contributed by atoms with Crippen LogP contribution in [0.2, 0.25) is 0 Å². The quantitative estimate of drug-likeness (QED) is 0.863. The number of hydrogen-bond donors (Lipinski definition) is 1. The summed E-state index contributed by atoms with van der Waals surface area (Å²) >= 11 is 0. The molecule has 2 fully saturated rings. The summed E-state index contributed by atoms with van der Waals surface area (Å²) < 4.78 is 0. The Hall–Kier alpha value is -0.280. The molecule has 0 spiro atoms. The van der Waals surface area contributed by atoms with Crippen molar-refractivity contribution in [3.8, 4) is 0 Å². The van der Waals surface area contributed by atoms with Crippen LogP contribution in [0.25, 0.3) is 0 Å². The Balaban J connectivity index is 0.00000180. The van der Waals surface area contributed by atoms with Crippen molar-refractivity contribution in [2.45, 2.75) is 44.9 Å². The van der Waals surface area contributed by atoms with Gasteiger partial charge in [-0.3, -0.25) is 4.79 Å². The van der Waals surface area contributed by atoms with Gasteiger partial charge in [0.15, 0.2) is 0 Å². The largest absolute Gasteiger partial charge is 0.344 e. The van der Waals surface area contributed by atoms with Gasteiger partial charge in [0, 0.05) is 26.1 Å². The van der Waals surface area contributed by atoms with Crippen LogP contribution < -0.4 is 5.32 Å². The Morgan fingerprint density at radius 1 is 1.16 bits per heavy atom. The van der Waals surface area contributed by atoms with Gasteiger partial charge in [-0.1, -0.05) is 25.7 Å². The summed E-state index contributed by atoms with van der Waals surface area (Å²) in [5, 5.41) is 3.11. The molecule has 0 radical (unpaired) electrons. The third kappa shape index (κ3) is 4.35. The molecule has 2 aliphatic carbocycles. The van der Waals surface area contributed by atoms with Gasteiger partial charge >= 0.3 is 0 Å². The molecule has 3 unspecified atom stereocenters. The highest BCUT2D eigenvalue weighted by Crippen LogP contribution is 2.42. The van der Waals surface area contributed by atoms with Crippen LogP contribution in [0.5, 0.6) is 0 Å². The van der Waals surface area contributed by atoms with Crippen LogP contribution in [-0.4, -0.2) is 38.0 Å². The zero-order valence-corrected chi connectivity index (χ0v) is 13.2. The Morgan fingerprint density at radius 2 is 1.84 bits per heavy atom.